The highest BCUT2D eigenvalue weighted by Crippen LogP contribution is 2.36. The first-order valence-corrected chi connectivity index (χ1v) is 7.28. The first-order chi connectivity index (χ1) is 7.94. The molecule has 2 nitrogen and oxygen atoms in total. The van der Waals surface area contributed by atoms with Crippen LogP contribution in [0.15, 0.2) is 0 Å². The number of ether oxygens (including phenoxy) is 1. The van der Waals surface area contributed by atoms with E-state index in [0.717, 1.165) is 30.9 Å². The molecule has 1 saturated heterocycles. The summed E-state index contributed by atoms with van der Waals surface area (Å²) in [6, 6.07) is 0. The average Bonchev–Trinajstić information content (AvgIpc) is 2.22. The molecule has 2 unspecified atom stereocenters. The minimum absolute atomic E-state index is 0.0770. The van der Waals surface area contributed by atoms with E-state index in [9.17, 15) is 0 Å². The van der Waals surface area contributed by atoms with Gasteiger partial charge in [0.2, 0.25) is 0 Å². The monoisotopic (exact) mass is 241 g/mol. The van der Waals surface area contributed by atoms with Crippen molar-refractivity contribution in [2.45, 2.75) is 65.4 Å². The van der Waals surface area contributed by atoms with Gasteiger partial charge in [0.05, 0.1) is 5.60 Å². The van der Waals surface area contributed by atoms with Crippen LogP contribution < -0.4 is 5.73 Å². The molecule has 2 N–H and O–H groups in total. The van der Waals surface area contributed by atoms with E-state index in [0.29, 0.717) is 0 Å². The van der Waals surface area contributed by atoms with Gasteiger partial charge in [-0.15, -0.1) is 0 Å². The van der Waals surface area contributed by atoms with Gasteiger partial charge in [-0.3, -0.25) is 0 Å². The largest absolute Gasteiger partial charge is 0.376 e. The van der Waals surface area contributed by atoms with E-state index >= 15 is 0 Å². The SMILES string of the molecule is CC(C)CCC(CCN)C1CCOC(C)(C)C1. The maximum atomic E-state index is 5.82. The van der Waals surface area contributed by atoms with Gasteiger partial charge in [-0.2, -0.15) is 0 Å². The molecular formula is C15H31NO. The van der Waals surface area contributed by atoms with Crippen LogP contribution in [-0.4, -0.2) is 18.8 Å². The summed E-state index contributed by atoms with van der Waals surface area (Å²) in [5.74, 6) is 2.44. The summed E-state index contributed by atoms with van der Waals surface area (Å²) in [4.78, 5) is 0. The predicted octanol–water partition coefficient (Wildman–Crippen LogP) is 3.59. The Hall–Kier alpha value is -0.0800. The van der Waals surface area contributed by atoms with Gasteiger partial charge in [-0.05, 0) is 63.8 Å². The first-order valence-electron chi connectivity index (χ1n) is 7.28. The normalized spacial score (nSPS) is 26.1. The molecule has 0 spiro atoms. The highest BCUT2D eigenvalue weighted by atomic mass is 16.5. The molecule has 1 rings (SSSR count). The summed E-state index contributed by atoms with van der Waals surface area (Å²) < 4.78 is 5.82. The second-order valence-corrected chi connectivity index (χ2v) is 6.67. The van der Waals surface area contributed by atoms with E-state index in [1.165, 1.54) is 32.1 Å². The van der Waals surface area contributed by atoms with Gasteiger partial charge in [0, 0.05) is 6.61 Å². The van der Waals surface area contributed by atoms with Crippen molar-refractivity contribution in [1.82, 2.24) is 0 Å². The Morgan fingerprint density at radius 1 is 1.24 bits per heavy atom. The highest BCUT2D eigenvalue weighted by Gasteiger charge is 2.32. The third-order valence-corrected chi connectivity index (χ3v) is 4.05. The van der Waals surface area contributed by atoms with E-state index in [4.69, 9.17) is 10.5 Å². The molecule has 17 heavy (non-hydrogen) atoms. The maximum Gasteiger partial charge on any atom is 0.0629 e. The number of nitrogens with two attached hydrogens (primary N) is 1. The van der Waals surface area contributed by atoms with Crippen LogP contribution in [0.2, 0.25) is 0 Å². The Bertz CT molecular complexity index is 213. The third kappa shape index (κ3) is 5.39. The summed E-state index contributed by atoms with van der Waals surface area (Å²) in [5, 5.41) is 0. The molecule has 2 atom stereocenters. The summed E-state index contributed by atoms with van der Waals surface area (Å²) in [5.41, 5.74) is 5.86. The van der Waals surface area contributed by atoms with Crippen molar-refractivity contribution in [3.8, 4) is 0 Å². The Balaban J connectivity index is 2.50. The zero-order valence-corrected chi connectivity index (χ0v) is 12.2. The summed E-state index contributed by atoms with van der Waals surface area (Å²) in [6.45, 7) is 10.8. The van der Waals surface area contributed by atoms with Crippen LogP contribution in [0.25, 0.3) is 0 Å². The molecule has 1 aliphatic heterocycles. The topological polar surface area (TPSA) is 35.2 Å². The number of rotatable bonds is 6. The molecule has 102 valence electrons. The second-order valence-electron chi connectivity index (χ2n) is 6.67. The third-order valence-electron chi connectivity index (χ3n) is 4.05. The Morgan fingerprint density at radius 3 is 2.47 bits per heavy atom. The van der Waals surface area contributed by atoms with Crippen molar-refractivity contribution in [3.63, 3.8) is 0 Å². The molecule has 0 aromatic rings. The molecule has 0 aromatic heterocycles. The Morgan fingerprint density at radius 2 is 1.94 bits per heavy atom. The maximum absolute atomic E-state index is 5.82. The molecule has 0 radical (unpaired) electrons. The van der Waals surface area contributed by atoms with Gasteiger partial charge in [0.1, 0.15) is 0 Å². The van der Waals surface area contributed by atoms with Crippen LogP contribution in [0.1, 0.15) is 59.8 Å². The van der Waals surface area contributed by atoms with E-state index in [-0.39, 0.29) is 5.60 Å². The molecular weight excluding hydrogens is 210 g/mol. The van der Waals surface area contributed by atoms with Crippen LogP contribution in [0.3, 0.4) is 0 Å². The lowest BCUT2D eigenvalue weighted by Crippen LogP contribution is -2.37. The molecule has 0 bridgehead atoms. The zero-order valence-electron chi connectivity index (χ0n) is 12.2. The molecule has 1 aliphatic rings. The van der Waals surface area contributed by atoms with Gasteiger partial charge in [-0.1, -0.05) is 20.3 Å². The first kappa shape index (κ1) is 15.0. The Labute approximate surface area is 107 Å². The molecule has 1 fully saturated rings. The molecule has 0 saturated carbocycles. The minimum atomic E-state index is 0.0770. The summed E-state index contributed by atoms with van der Waals surface area (Å²) in [7, 11) is 0. The summed E-state index contributed by atoms with van der Waals surface area (Å²) in [6.07, 6.45) is 6.30. The van der Waals surface area contributed by atoms with Crippen molar-refractivity contribution in [1.29, 1.82) is 0 Å². The van der Waals surface area contributed by atoms with Crippen LogP contribution in [0, 0.1) is 17.8 Å². The van der Waals surface area contributed by atoms with Gasteiger partial charge in [0.15, 0.2) is 0 Å². The van der Waals surface area contributed by atoms with Gasteiger partial charge >= 0.3 is 0 Å². The molecule has 1 heterocycles. The quantitative estimate of drug-likeness (QED) is 0.771. The second kappa shape index (κ2) is 6.75. The lowest BCUT2D eigenvalue weighted by atomic mass is 9.76. The van der Waals surface area contributed by atoms with E-state index in [1.54, 1.807) is 0 Å². The standard InChI is InChI=1S/C15H31NO/c1-12(2)5-6-13(7-9-16)14-8-10-17-15(3,4)11-14/h12-14H,5-11,16H2,1-4H3. The van der Waals surface area contributed by atoms with Crippen molar-refractivity contribution < 1.29 is 4.74 Å². The van der Waals surface area contributed by atoms with Crippen molar-refractivity contribution in [2.75, 3.05) is 13.2 Å². The lowest BCUT2D eigenvalue weighted by Gasteiger charge is -2.39. The number of hydrogen-bond acceptors (Lipinski definition) is 2. The fraction of sp³-hybridized carbons (Fsp3) is 1.00. The van der Waals surface area contributed by atoms with Gasteiger partial charge in [-0.25, -0.2) is 0 Å². The van der Waals surface area contributed by atoms with Crippen molar-refractivity contribution in [2.24, 2.45) is 23.5 Å². The van der Waals surface area contributed by atoms with Gasteiger partial charge < -0.3 is 10.5 Å². The zero-order chi connectivity index (χ0) is 12.9. The van der Waals surface area contributed by atoms with Crippen molar-refractivity contribution in [3.05, 3.63) is 0 Å². The fourth-order valence-electron chi connectivity index (χ4n) is 3.06. The average molecular weight is 241 g/mol. The summed E-state index contributed by atoms with van der Waals surface area (Å²) >= 11 is 0. The minimum Gasteiger partial charge on any atom is -0.376 e. The molecule has 0 aromatic carbocycles. The van der Waals surface area contributed by atoms with E-state index in [1.807, 2.05) is 0 Å². The predicted molar refractivity (Wildman–Crippen MR) is 74.0 cm³/mol. The van der Waals surface area contributed by atoms with Crippen LogP contribution in [-0.2, 0) is 4.74 Å². The van der Waals surface area contributed by atoms with Crippen LogP contribution in [0.5, 0.6) is 0 Å². The smallest absolute Gasteiger partial charge is 0.0629 e. The van der Waals surface area contributed by atoms with Crippen LogP contribution in [0.4, 0.5) is 0 Å². The molecule has 0 aliphatic carbocycles. The Kier molecular flexibility index (Phi) is 5.94. The highest BCUT2D eigenvalue weighted by molar-refractivity contribution is 4.83. The van der Waals surface area contributed by atoms with Gasteiger partial charge in [0.25, 0.3) is 0 Å². The van der Waals surface area contributed by atoms with Crippen molar-refractivity contribution >= 4 is 0 Å². The fourth-order valence-corrected chi connectivity index (χ4v) is 3.06. The van der Waals surface area contributed by atoms with Crippen LogP contribution >= 0.6 is 0 Å². The molecule has 0 amide bonds. The molecule has 2 heteroatoms. The van der Waals surface area contributed by atoms with E-state index < -0.39 is 0 Å². The van der Waals surface area contributed by atoms with E-state index in [2.05, 4.69) is 27.7 Å². The number of hydrogen-bond donors (Lipinski definition) is 1. The lowest BCUT2D eigenvalue weighted by molar-refractivity contribution is -0.0838.